The minimum atomic E-state index is -1.96. The highest BCUT2D eigenvalue weighted by molar-refractivity contribution is 7.95. The van der Waals surface area contributed by atoms with Gasteiger partial charge in [0.25, 0.3) is 0 Å². The Labute approximate surface area is 160 Å². The first-order chi connectivity index (χ1) is 13.3. The molecule has 0 nitrogen and oxygen atoms in total. The molecular formula is C25H21FP+. The molecule has 0 aromatic heterocycles. The van der Waals surface area contributed by atoms with Crippen LogP contribution in [0.5, 0.6) is 0 Å². The summed E-state index contributed by atoms with van der Waals surface area (Å²) < 4.78 is 14.0. The average molecular weight is 370 g/mol. The molecule has 0 aliphatic carbocycles. The minimum absolute atomic E-state index is 0.181. The molecule has 0 spiro atoms. The van der Waals surface area contributed by atoms with Crippen LogP contribution >= 0.6 is 7.26 Å². The molecule has 0 fully saturated rings. The van der Waals surface area contributed by atoms with Gasteiger partial charge in [-0.25, -0.2) is 4.39 Å². The summed E-state index contributed by atoms with van der Waals surface area (Å²) in [5.74, 6) is -0.181. The molecule has 0 heterocycles. The molecule has 0 radical (unpaired) electrons. The monoisotopic (exact) mass is 370 g/mol. The van der Waals surface area contributed by atoms with Crippen molar-refractivity contribution in [1.29, 1.82) is 0 Å². The van der Waals surface area contributed by atoms with Crippen LogP contribution in [0.2, 0.25) is 0 Å². The maximum Gasteiger partial charge on any atom is 0.123 e. The molecule has 4 rings (SSSR count). The lowest BCUT2D eigenvalue weighted by atomic mass is 10.2. The van der Waals surface area contributed by atoms with Gasteiger partial charge < -0.3 is 0 Å². The van der Waals surface area contributed by atoms with Crippen molar-refractivity contribution in [2.45, 2.75) is 6.16 Å². The highest BCUT2D eigenvalue weighted by atomic mass is 31.2. The normalized spacial score (nSPS) is 11.3. The zero-order valence-corrected chi connectivity index (χ0v) is 15.9. The van der Waals surface area contributed by atoms with E-state index in [1.807, 2.05) is 6.07 Å². The van der Waals surface area contributed by atoms with Gasteiger partial charge in [0.2, 0.25) is 0 Å². The Morgan fingerprint density at radius 2 is 0.963 bits per heavy atom. The summed E-state index contributed by atoms with van der Waals surface area (Å²) in [5, 5.41) is 3.94. The Morgan fingerprint density at radius 1 is 0.519 bits per heavy atom. The van der Waals surface area contributed by atoms with Crippen molar-refractivity contribution >= 4 is 23.2 Å². The van der Waals surface area contributed by atoms with Crippen LogP contribution < -0.4 is 15.9 Å². The van der Waals surface area contributed by atoms with Gasteiger partial charge in [0.05, 0.1) is 6.16 Å². The molecule has 0 unspecified atom stereocenters. The second-order valence-electron chi connectivity index (χ2n) is 6.60. The Morgan fingerprint density at radius 3 is 1.37 bits per heavy atom. The van der Waals surface area contributed by atoms with Gasteiger partial charge in [-0.1, -0.05) is 66.7 Å². The fourth-order valence-electron chi connectivity index (χ4n) is 3.68. The van der Waals surface area contributed by atoms with Gasteiger partial charge in [-0.05, 0) is 54.1 Å². The zero-order chi connectivity index (χ0) is 18.5. The molecule has 27 heavy (non-hydrogen) atoms. The van der Waals surface area contributed by atoms with E-state index < -0.39 is 7.26 Å². The molecule has 0 bridgehead atoms. The SMILES string of the molecule is [18F]c1cccc(C[P+](c2ccccc2)(c2ccccc2)c2ccccc2)c1. The first-order valence-corrected chi connectivity index (χ1v) is 11.1. The highest BCUT2D eigenvalue weighted by Crippen LogP contribution is 2.58. The summed E-state index contributed by atoms with van der Waals surface area (Å²) in [6.07, 6.45) is 0.794. The average Bonchev–Trinajstić information content (AvgIpc) is 2.74. The van der Waals surface area contributed by atoms with E-state index in [4.69, 9.17) is 0 Å². The minimum Gasteiger partial charge on any atom is -0.207 e. The van der Waals surface area contributed by atoms with E-state index in [1.165, 1.54) is 22.0 Å². The molecule has 132 valence electrons. The van der Waals surface area contributed by atoms with Gasteiger partial charge in [0.1, 0.15) is 29.0 Å². The van der Waals surface area contributed by atoms with Gasteiger partial charge in [-0.15, -0.1) is 0 Å². The van der Waals surface area contributed by atoms with Crippen LogP contribution in [-0.4, -0.2) is 0 Å². The lowest BCUT2D eigenvalue weighted by Gasteiger charge is -2.27. The molecule has 0 aliphatic rings. The summed E-state index contributed by atoms with van der Waals surface area (Å²) in [6, 6.07) is 39.1. The van der Waals surface area contributed by atoms with Crippen molar-refractivity contribution in [1.82, 2.24) is 0 Å². The second-order valence-corrected chi connectivity index (χ2v) is 10.1. The second kappa shape index (κ2) is 7.86. The van der Waals surface area contributed by atoms with Crippen LogP contribution in [0.1, 0.15) is 5.56 Å². The van der Waals surface area contributed by atoms with Crippen LogP contribution in [-0.2, 0) is 6.16 Å². The number of hydrogen-bond acceptors (Lipinski definition) is 0. The number of halogens is 1. The lowest BCUT2D eigenvalue weighted by molar-refractivity contribution is 0.626. The van der Waals surface area contributed by atoms with Crippen LogP contribution in [0.25, 0.3) is 0 Å². The smallest absolute Gasteiger partial charge is 0.123 e. The number of hydrogen-bond donors (Lipinski definition) is 0. The van der Waals surface area contributed by atoms with E-state index in [1.54, 1.807) is 12.1 Å². The van der Waals surface area contributed by atoms with Crippen molar-refractivity contribution in [2.24, 2.45) is 0 Å². The van der Waals surface area contributed by atoms with Gasteiger partial charge in [-0.3, -0.25) is 0 Å². The molecule has 0 saturated heterocycles. The first kappa shape index (κ1) is 17.6. The van der Waals surface area contributed by atoms with Crippen molar-refractivity contribution < 1.29 is 4.39 Å². The maximum atomic E-state index is 14.0. The Kier molecular flexibility index (Phi) is 5.14. The quantitative estimate of drug-likeness (QED) is 0.417. The fraction of sp³-hybridized carbons (Fsp3) is 0.0400. The van der Waals surface area contributed by atoms with Gasteiger partial charge in [-0.2, -0.15) is 0 Å². The standard InChI is InChI=1S/C25H21FP/c26-22-12-10-11-21(19-22)20-27(23-13-4-1-5-14-23,24-15-6-2-7-16-24)25-17-8-3-9-18-25/h1-19H,20H2/q+1/i26-1. The predicted octanol–water partition coefficient (Wildman–Crippen LogP) is 5.32. The third-order valence-corrected chi connectivity index (χ3v) is 9.28. The molecule has 4 aromatic rings. The molecule has 4 aromatic carbocycles. The third kappa shape index (κ3) is 3.56. The van der Waals surface area contributed by atoms with E-state index in [-0.39, 0.29) is 5.82 Å². The number of rotatable bonds is 5. The Hall–Kier alpha value is -2.76. The zero-order valence-electron chi connectivity index (χ0n) is 15.0. The van der Waals surface area contributed by atoms with E-state index in [9.17, 15) is 4.39 Å². The molecule has 0 amide bonds. The third-order valence-electron chi connectivity index (χ3n) is 4.90. The topological polar surface area (TPSA) is 0 Å². The Bertz CT molecular complexity index is 901. The van der Waals surface area contributed by atoms with Crippen molar-refractivity contribution in [3.63, 3.8) is 0 Å². The summed E-state index contributed by atoms with van der Waals surface area (Å²) in [5.41, 5.74) is 1.03. The summed E-state index contributed by atoms with van der Waals surface area (Å²) in [4.78, 5) is 0. The van der Waals surface area contributed by atoms with Crippen molar-refractivity contribution in [3.8, 4) is 0 Å². The maximum absolute atomic E-state index is 14.0. The van der Waals surface area contributed by atoms with Crippen LogP contribution in [0, 0.1) is 5.82 Å². The molecule has 0 aliphatic heterocycles. The van der Waals surface area contributed by atoms with Gasteiger partial charge >= 0.3 is 0 Å². The van der Waals surface area contributed by atoms with E-state index in [0.29, 0.717) is 0 Å². The first-order valence-electron chi connectivity index (χ1n) is 9.08. The molecule has 0 N–H and O–H groups in total. The largest absolute Gasteiger partial charge is 0.207 e. The predicted molar refractivity (Wildman–Crippen MR) is 115 cm³/mol. The molecule has 0 atom stereocenters. The molecule has 2 heteroatoms. The van der Waals surface area contributed by atoms with Gasteiger partial charge in [0.15, 0.2) is 0 Å². The Balaban J connectivity index is 2.00. The van der Waals surface area contributed by atoms with E-state index >= 15 is 0 Å². The van der Waals surface area contributed by atoms with Crippen LogP contribution in [0.4, 0.5) is 4.39 Å². The van der Waals surface area contributed by atoms with Crippen LogP contribution in [0.15, 0.2) is 115 Å². The van der Waals surface area contributed by atoms with Crippen LogP contribution in [0.3, 0.4) is 0 Å². The molecular weight excluding hydrogens is 349 g/mol. The van der Waals surface area contributed by atoms with Crippen molar-refractivity contribution in [2.75, 3.05) is 0 Å². The fourth-order valence-corrected chi connectivity index (χ4v) is 7.91. The summed E-state index contributed by atoms with van der Waals surface area (Å²) >= 11 is 0. The summed E-state index contributed by atoms with van der Waals surface area (Å²) in [7, 11) is -1.96. The van der Waals surface area contributed by atoms with Crippen molar-refractivity contribution in [3.05, 3.63) is 127 Å². The number of benzene rings is 4. The van der Waals surface area contributed by atoms with E-state index in [2.05, 4.69) is 91.0 Å². The van der Waals surface area contributed by atoms with E-state index in [0.717, 1.165) is 11.7 Å². The lowest BCUT2D eigenvalue weighted by Crippen LogP contribution is -2.32. The summed E-state index contributed by atoms with van der Waals surface area (Å²) in [6.45, 7) is 0. The highest BCUT2D eigenvalue weighted by Gasteiger charge is 2.45. The van der Waals surface area contributed by atoms with Gasteiger partial charge in [0, 0.05) is 0 Å². The molecule has 0 saturated carbocycles.